The highest BCUT2D eigenvalue weighted by atomic mass is 16.5. The van der Waals surface area contributed by atoms with Crippen LogP contribution in [0.2, 0.25) is 0 Å². The standard InChI is InChI=1S/C22H25N3O2/c1-16-9-7-8-12-21(16)27-15-22(26)23-13-20-17(2)24-25(18(20)3)14-19-10-5-4-6-11-19/h4-12H,13-15H2,1-3H3,(H,23,26). The first-order valence-corrected chi connectivity index (χ1v) is 9.06. The molecule has 1 N–H and O–H groups in total. The van der Waals surface area contributed by atoms with Crippen molar-refractivity contribution in [3.63, 3.8) is 0 Å². The molecule has 0 spiro atoms. The summed E-state index contributed by atoms with van der Waals surface area (Å²) in [6.07, 6.45) is 0. The first-order chi connectivity index (χ1) is 13.0. The van der Waals surface area contributed by atoms with Crippen molar-refractivity contribution < 1.29 is 9.53 Å². The summed E-state index contributed by atoms with van der Waals surface area (Å²) in [6.45, 7) is 7.14. The maximum Gasteiger partial charge on any atom is 0.258 e. The monoisotopic (exact) mass is 363 g/mol. The summed E-state index contributed by atoms with van der Waals surface area (Å²) >= 11 is 0. The first kappa shape index (κ1) is 18.7. The van der Waals surface area contributed by atoms with Gasteiger partial charge in [-0.25, -0.2) is 0 Å². The SMILES string of the molecule is Cc1ccccc1OCC(=O)NCc1c(C)nn(Cc2ccccc2)c1C. The number of aryl methyl sites for hydroxylation is 2. The lowest BCUT2D eigenvalue weighted by Crippen LogP contribution is -2.28. The Kier molecular flexibility index (Phi) is 5.91. The topological polar surface area (TPSA) is 56.1 Å². The van der Waals surface area contributed by atoms with Gasteiger partial charge >= 0.3 is 0 Å². The second-order valence-corrected chi connectivity index (χ2v) is 6.62. The van der Waals surface area contributed by atoms with Crippen molar-refractivity contribution in [2.24, 2.45) is 0 Å². The Hall–Kier alpha value is -3.08. The second kappa shape index (κ2) is 8.54. The first-order valence-electron chi connectivity index (χ1n) is 9.06. The number of hydrogen-bond acceptors (Lipinski definition) is 3. The van der Waals surface area contributed by atoms with Gasteiger partial charge in [0.2, 0.25) is 0 Å². The van der Waals surface area contributed by atoms with Crippen molar-refractivity contribution in [1.29, 1.82) is 0 Å². The Morgan fingerprint density at radius 3 is 2.48 bits per heavy atom. The van der Waals surface area contributed by atoms with Crippen LogP contribution in [0.5, 0.6) is 5.75 Å². The molecule has 3 aromatic rings. The number of carbonyl (C=O) groups excluding carboxylic acids is 1. The van der Waals surface area contributed by atoms with Crippen LogP contribution in [0.1, 0.15) is 28.1 Å². The smallest absolute Gasteiger partial charge is 0.258 e. The van der Waals surface area contributed by atoms with Crippen LogP contribution in [0.15, 0.2) is 54.6 Å². The fraction of sp³-hybridized carbons (Fsp3) is 0.273. The maximum atomic E-state index is 12.2. The predicted octanol–water partition coefficient (Wildman–Crippen LogP) is 3.55. The minimum atomic E-state index is -0.145. The molecular formula is C22H25N3O2. The van der Waals surface area contributed by atoms with E-state index in [4.69, 9.17) is 4.74 Å². The van der Waals surface area contributed by atoms with Crippen LogP contribution in [0, 0.1) is 20.8 Å². The molecule has 0 saturated carbocycles. The number of hydrogen-bond donors (Lipinski definition) is 1. The molecule has 0 unspecified atom stereocenters. The summed E-state index contributed by atoms with van der Waals surface area (Å²) in [7, 11) is 0. The molecule has 0 saturated heterocycles. The van der Waals surface area contributed by atoms with Gasteiger partial charge in [0.1, 0.15) is 5.75 Å². The molecule has 0 bridgehead atoms. The van der Waals surface area contributed by atoms with Gasteiger partial charge in [-0.1, -0.05) is 48.5 Å². The van der Waals surface area contributed by atoms with E-state index in [2.05, 4.69) is 22.5 Å². The lowest BCUT2D eigenvalue weighted by molar-refractivity contribution is -0.123. The van der Waals surface area contributed by atoms with Crippen LogP contribution in [0.4, 0.5) is 0 Å². The van der Waals surface area contributed by atoms with Crippen LogP contribution in [-0.4, -0.2) is 22.3 Å². The third-order valence-electron chi connectivity index (χ3n) is 4.62. The molecular weight excluding hydrogens is 338 g/mol. The molecule has 1 heterocycles. The molecule has 0 atom stereocenters. The highest BCUT2D eigenvalue weighted by Gasteiger charge is 2.13. The Balaban J connectivity index is 1.57. The van der Waals surface area contributed by atoms with Crippen molar-refractivity contribution in [2.45, 2.75) is 33.9 Å². The molecule has 0 fully saturated rings. The zero-order valence-electron chi connectivity index (χ0n) is 16.0. The summed E-state index contributed by atoms with van der Waals surface area (Å²) in [5.74, 6) is 0.587. The van der Waals surface area contributed by atoms with Gasteiger partial charge in [-0.15, -0.1) is 0 Å². The number of ether oxygens (including phenoxy) is 1. The molecule has 5 nitrogen and oxygen atoms in total. The van der Waals surface area contributed by atoms with Gasteiger partial charge < -0.3 is 10.1 Å². The van der Waals surface area contributed by atoms with Crippen molar-refractivity contribution in [2.75, 3.05) is 6.61 Å². The lowest BCUT2D eigenvalue weighted by atomic mass is 10.2. The van der Waals surface area contributed by atoms with E-state index >= 15 is 0 Å². The number of nitrogens with zero attached hydrogens (tertiary/aromatic N) is 2. The van der Waals surface area contributed by atoms with Gasteiger partial charge in [-0.05, 0) is 38.0 Å². The normalized spacial score (nSPS) is 10.6. The molecule has 3 rings (SSSR count). The van der Waals surface area contributed by atoms with Gasteiger partial charge in [0.15, 0.2) is 6.61 Å². The number of aromatic nitrogens is 2. The molecule has 27 heavy (non-hydrogen) atoms. The van der Waals surface area contributed by atoms with Crippen LogP contribution >= 0.6 is 0 Å². The Morgan fingerprint density at radius 1 is 1.04 bits per heavy atom. The number of benzene rings is 2. The number of nitrogens with one attached hydrogen (secondary N) is 1. The number of para-hydroxylation sites is 1. The molecule has 1 amide bonds. The van der Waals surface area contributed by atoms with E-state index in [0.717, 1.165) is 34.8 Å². The maximum absolute atomic E-state index is 12.2. The predicted molar refractivity (Wildman–Crippen MR) is 106 cm³/mol. The molecule has 0 aliphatic carbocycles. The van der Waals surface area contributed by atoms with Crippen molar-refractivity contribution in [3.05, 3.63) is 82.7 Å². The number of rotatable bonds is 7. The highest BCUT2D eigenvalue weighted by molar-refractivity contribution is 5.77. The van der Waals surface area contributed by atoms with E-state index in [1.54, 1.807) is 0 Å². The van der Waals surface area contributed by atoms with Gasteiger partial charge in [0.25, 0.3) is 5.91 Å². The average Bonchev–Trinajstić information content (AvgIpc) is 2.93. The van der Waals surface area contributed by atoms with Gasteiger partial charge in [0.05, 0.1) is 12.2 Å². The summed E-state index contributed by atoms with van der Waals surface area (Å²) in [5, 5.41) is 7.55. The summed E-state index contributed by atoms with van der Waals surface area (Å²) in [4.78, 5) is 12.2. The lowest BCUT2D eigenvalue weighted by Gasteiger charge is -2.10. The van der Waals surface area contributed by atoms with Crippen molar-refractivity contribution in [3.8, 4) is 5.75 Å². The fourth-order valence-electron chi connectivity index (χ4n) is 3.00. The Bertz CT molecular complexity index is 917. The van der Waals surface area contributed by atoms with Gasteiger partial charge in [-0.3, -0.25) is 9.48 Å². The Labute approximate surface area is 160 Å². The minimum Gasteiger partial charge on any atom is -0.484 e. The van der Waals surface area contributed by atoms with E-state index < -0.39 is 0 Å². The third-order valence-corrected chi connectivity index (χ3v) is 4.62. The molecule has 0 aliphatic heterocycles. The average molecular weight is 363 g/mol. The molecule has 140 valence electrons. The third kappa shape index (κ3) is 4.76. The van der Waals surface area contributed by atoms with Crippen molar-refractivity contribution >= 4 is 5.91 Å². The quantitative estimate of drug-likeness (QED) is 0.698. The zero-order valence-corrected chi connectivity index (χ0v) is 16.0. The highest BCUT2D eigenvalue weighted by Crippen LogP contribution is 2.16. The molecule has 2 aromatic carbocycles. The molecule has 0 radical (unpaired) electrons. The van der Waals surface area contributed by atoms with E-state index in [0.29, 0.717) is 6.54 Å². The molecule has 1 aromatic heterocycles. The van der Waals surface area contributed by atoms with Crippen molar-refractivity contribution in [1.82, 2.24) is 15.1 Å². The molecule has 0 aliphatic rings. The van der Waals surface area contributed by atoms with Crippen LogP contribution in [-0.2, 0) is 17.9 Å². The fourth-order valence-corrected chi connectivity index (χ4v) is 3.00. The van der Waals surface area contributed by atoms with Crippen LogP contribution in [0.25, 0.3) is 0 Å². The number of carbonyl (C=O) groups is 1. The largest absolute Gasteiger partial charge is 0.484 e. The van der Waals surface area contributed by atoms with Gasteiger partial charge in [0, 0.05) is 17.8 Å². The summed E-state index contributed by atoms with van der Waals surface area (Å²) in [5.41, 5.74) is 5.26. The van der Waals surface area contributed by atoms with Crippen LogP contribution in [0.3, 0.4) is 0 Å². The van der Waals surface area contributed by atoms with E-state index in [1.165, 1.54) is 5.56 Å². The van der Waals surface area contributed by atoms with E-state index in [1.807, 2.05) is 67.9 Å². The Morgan fingerprint density at radius 2 is 1.74 bits per heavy atom. The zero-order chi connectivity index (χ0) is 19.2. The van der Waals surface area contributed by atoms with Gasteiger partial charge in [-0.2, -0.15) is 5.10 Å². The van der Waals surface area contributed by atoms with E-state index in [9.17, 15) is 4.79 Å². The summed E-state index contributed by atoms with van der Waals surface area (Å²) in [6, 6.07) is 17.9. The minimum absolute atomic E-state index is 0.00109. The molecule has 5 heteroatoms. The number of amides is 1. The second-order valence-electron chi connectivity index (χ2n) is 6.62. The van der Waals surface area contributed by atoms with Crippen LogP contribution < -0.4 is 10.1 Å². The summed E-state index contributed by atoms with van der Waals surface area (Å²) < 4.78 is 7.58. The van der Waals surface area contributed by atoms with E-state index in [-0.39, 0.29) is 12.5 Å².